The van der Waals surface area contributed by atoms with Gasteiger partial charge in [-0.1, -0.05) is 13.8 Å². The smallest absolute Gasteiger partial charge is 0.223 e. The van der Waals surface area contributed by atoms with Crippen LogP contribution in [0.5, 0.6) is 0 Å². The first-order valence-electron chi connectivity index (χ1n) is 7.09. The van der Waals surface area contributed by atoms with Crippen molar-refractivity contribution in [1.82, 2.24) is 10.2 Å². The molecule has 6 heteroatoms. The van der Waals surface area contributed by atoms with Crippen LogP contribution in [0.1, 0.15) is 47.5 Å². The number of carbonyl (C=O) groups is 2. The van der Waals surface area contributed by atoms with E-state index in [4.69, 9.17) is 5.73 Å². The molecule has 0 aliphatic rings. The fraction of sp³-hybridized carbons (Fsp3) is 0.857. The Morgan fingerprint density at radius 3 is 2.05 bits per heavy atom. The minimum atomic E-state index is -0.407. The van der Waals surface area contributed by atoms with Crippen LogP contribution in [-0.2, 0) is 9.59 Å². The number of rotatable bonds is 8. The number of hydrogen-bond acceptors (Lipinski definition) is 3. The highest BCUT2D eigenvalue weighted by Crippen LogP contribution is 2.15. The Kier molecular flexibility index (Phi) is 10.7. The van der Waals surface area contributed by atoms with Crippen LogP contribution >= 0.6 is 12.4 Å². The zero-order valence-corrected chi connectivity index (χ0v) is 14.2. The van der Waals surface area contributed by atoms with Crippen LogP contribution in [0, 0.1) is 5.92 Å². The van der Waals surface area contributed by atoms with Gasteiger partial charge in [0.25, 0.3) is 0 Å². The summed E-state index contributed by atoms with van der Waals surface area (Å²) in [6, 6.07) is 0. The molecule has 0 rings (SSSR count). The summed E-state index contributed by atoms with van der Waals surface area (Å²) in [4.78, 5) is 25.4. The number of nitrogens with two attached hydrogens (primary N) is 1. The predicted octanol–water partition coefficient (Wildman–Crippen LogP) is 1.55. The van der Waals surface area contributed by atoms with Gasteiger partial charge in [0.15, 0.2) is 0 Å². The van der Waals surface area contributed by atoms with Gasteiger partial charge in [-0.15, -0.1) is 12.4 Å². The molecule has 1 unspecified atom stereocenters. The molecule has 0 heterocycles. The lowest BCUT2D eigenvalue weighted by molar-refractivity contribution is -0.133. The minimum Gasteiger partial charge on any atom is -0.349 e. The molecule has 0 bridgehead atoms. The van der Waals surface area contributed by atoms with Crippen molar-refractivity contribution < 1.29 is 9.59 Å². The number of nitrogens with zero attached hydrogens (tertiary/aromatic N) is 1. The maximum Gasteiger partial charge on any atom is 0.223 e. The van der Waals surface area contributed by atoms with E-state index >= 15 is 0 Å². The Morgan fingerprint density at radius 1 is 1.20 bits per heavy atom. The molecule has 2 amide bonds. The van der Waals surface area contributed by atoms with Crippen LogP contribution in [0.25, 0.3) is 0 Å². The Morgan fingerprint density at radius 2 is 1.70 bits per heavy atom. The number of halogens is 1. The quantitative estimate of drug-likeness (QED) is 0.714. The third-order valence-corrected chi connectivity index (χ3v) is 3.81. The molecule has 20 heavy (non-hydrogen) atoms. The molecule has 0 aliphatic heterocycles. The van der Waals surface area contributed by atoms with E-state index in [1.54, 1.807) is 4.90 Å². The maximum absolute atomic E-state index is 11.9. The highest BCUT2D eigenvalue weighted by molar-refractivity contribution is 5.85. The molecular formula is C14H30ClN3O2. The van der Waals surface area contributed by atoms with E-state index in [1.165, 1.54) is 0 Å². The van der Waals surface area contributed by atoms with Crippen molar-refractivity contribution in [1.29, 1.82) is 0 Å². The summed E-state index contributed by atoms with van der Waals surface area (Å²) in [6.07, 6.45) is 0.476. The fourth-order valence-electron chi connectivity index (χ4n) is 1.77. The normalized spacial score (nSPS) is 13.3. The summed E-state index contributed by atoms with van der Waals surface area (Å²) >= 11 is 0. The Balaban J connectivity index is 0. The minimum absolute atomic E-state index is 0. The molecule has 3 N–H and O–H groups in total. The van der Waals surface area contributed by atoms with Gasteiger partial charge in [-0.2, -0.15) is 0 Å². The van der Waals surface area contributed by atoms with Crippen molar-refractivity contribution in [2.75, 3.05) is 19.6 Å². The van der Waals surface area contributed by atoms with Crippen LogP contribution in [0.4, 0.5) is 0 Å². The zero-order valence-electron chi connectivity index (χ0n) is 13.4. The lowest BCUT2D eigenvalue weighted by atomic mass is 9.88. The van der Waals surface area contributed by atoms with Gasteiger partial charge < -0.3 is 16.0 Å². The average Bonchev–Trinajstić information content (AvgIpc) is 2.37. The van der Waals surface area contributed by atoms with E-state index in [1.807, 2.05) is 34.6 Å². The van der Waals surface area contributed by atoms with Gasteiger partial charge >= 0.3 is 0 Å². The molecule has 5 nitrogen and oxygen atoms in total. The fourth-order valence-corrected chi connectivity index (χ4v) is 1.77. The van der Waals surface area contributed by atoms with E-state index in [0.717, 1.165) is 0 Å². The third-order valence-electron chi connectivity index (χ3n) is 3.81. The number of amides is 2. The molecule has 120 valence electrons. The number of nitrogens with one attached hydrogen (secondary N) is 1. The second kappa shape index (κ2) is 10.00. The van der Waals surface area contributed by atoms with E-state index in [0.29, 0.717) is 19.6 Å². The largest absolute Gasteiger partial charge is 0.349 e. The second-order valence-corrected chi connectivity index (χ2v) is 5.39. The highest BCUT2D eigenvalue weighted by Gasteiger charge is 2.28. The monoisotopic (exact) mass is 307 g/mol. The highest BCUT2D eigenvalue weighted by atomic mass is 35.5. The second-order valence-electron chi connectivity index (χ2n) is 5.39. The summed E-state index contributed by atoms with van der Waals surface area (Å²) in [5.74, 6) is 0.168. The van der Waals surface area contributed by atoms with Crippen molar-refractivity contribution in [3.05, 3.63) is 0 Å². The summed E-state index contributed by atoms with van der Waals surface area (Å²) in [7, 11) is 0. The van der Waals surface area contributed by atoms with E-state index in [2.05, 4.69) is 5.32 Å². The first-order valence-corrected chi connectivity index (χ1v) is 7.09. The summed E-state index contributed by atoms with van der Waals surface area (Å²) in [5.41, 5.74) is 5.31. The predicted molar refractivity (Wildman–Crippen MR) is 84.9 cm³/mol. The van der Waals surface area contributed by atoms with Crippen LogP contribution in [0.2, 0.25) is 0 Å². The van der Waals surface area contributed by atoms with Crippen molar-refractivity contribution >= 4 is 24.2 Å². The topological polar surface area (TPSA) is 75.4 Å². The molecule has 0 saturated carbocycles. The molecule has 0 fully saturated rings. The van der Waals surface area contributed by atoms with Crippen molar-refractivity contribution in [3.8, 4) is 0 Å². The van der Waals surface area contributed by atoms with Gasteiger partial charge in [0, 0.05) is 32.5 Å². The standard InChI is InChI=1S/C14H29N3O2.ClH/c1-6-17(7-2)13(19)9-8-12(18)16-14(5,10-15)11(3)4;/h11H,6-10,15H2,1-5H3,(H,16,18);1H. The van der Waals surface area contributed by atoms with E-state index < -0.39 is 5.54 Å². The summed E-state index contributed by atoms with van der Waals surface area (Å²) in [6.45, 7) is 11.6. The molecule has 0 aliphatic carbocycles. The lowest BCUT2D eigenvalue weighted by Gasteiger charge is -2.33. The van der Waals surface area contributed by atoms with E-state index in [9.17, 15) is 9.59 Å². The van der Waals surface area contributed by atoms with Crippen molar-refractivity contribution in [2.24, 2.45) is 11.7 Å². The molecule has 0 radical (unpaired) electrons. The first-order chi connectivity index (χ1) is 8.80. The average molecular weight is 308 g/mol. The van der Waals surface area contributed by atoms with Gasteiger partial charge in [-0.3, -0.25) is 9.59 Å². The molecule has 0 saturated heterocycles. The number of hydrogen-bond donors (Lipinski definition) is 2. The van der Waals surface area contributed by atoms with Crippen LogP contribution in [0.15, 0.2) is 0 Å². The van der Waals surface area contributed by atoms with Crippen molar-refractivity contribution in [2.45, 2.75) is 53.0 Å². The molecule has 1 atom stereocenters. The Bertz CT molecular complexity index is 307. The molecule has 0 aromatic heterocycles. The van der Waals surface area contributed by atoms with Gasteiger partial charge in [0.2, 0.25) is 11.8 Å². The third kappa shape index (κ3) is 6.57. The van der Waals surface area contributed by atoms with Crippen LogP contribution < -0.4 is 11.1 Å². The maximum atomic E-state index is 11.9. The molecule has 0 spiro atoms. The molecule has 0 aromatic rings. The Hall–Kier alpha value is -0.810. The van der Waals surface area contributed by atoms with Gasteiger partial charge in [-0.25, -0.2) is 0 Å². The summed E-state index contributed by atoms with van der Waals surface area (Å²) in [5, 5.41) is 2.94. The summed E-state index contributed by atoms with van der Waals surface area (Å²) < 4.78 is 0. The number of carbonyl (C=O) groups excluding carboxylic acids is 2. The van der Waals surface area contributed by atoms with Crippen LogP contribution in [0.3, 0.4) is 0 Å². The van der Waals surface area contributed by atoms with Gasteiger partial charge in [-0.05, 0) is 26.7 Å². The van der Waals surface area contributed by atoms with Gasteiger partial charge in [0.1, 0.15) is 0 Å². The van der Waals surface area contributed by atoms with Gasteiger partial charge in [0.05, 0.1) is 5.54 Å². The lowest BCUT2D eigenvalue weighted by Crippen LogP contribution is -2.55. The Labute approximate surface area is 129 Å². The van der Waals surface area contributed by atoms with Crippen LogP contribution in [-0.4, -0.2) is 41.9 Å². The molecule has 0 aromatic carbocycles. The zero-order chi connectivity index (χ0) is 15.1. The first kappa shape index (κ1) is 21.5. The SMILES string of the molecule is CCN(CC)C(=O)CCC(=O)NC(C)(CN)C(C)C.Cl. The van der Waals surface area contributed by atoms with Crippen molar-refractivity contribution in [3.63, 3.8) is 0 Å². The molecular weight excluding hydrogens is 278 g/mol. The van der Waals surface area contributed by atoms with E-state index in [-0.39, 0.29) is 43.0 Å².